The normalized spacial score (nSPS) is 14.8. The summed E-state index contributed by atoms with van der Waals surface area (Å²) in [4.78, 5) is 0. The molecule has 0 heterocycles. The molecule has 1 rings (SSSR count). The number of hydrogen-bond donors (Lipinski definition) is 1. The molecule has 0 fully saturated rings. The standard InChI is InChI=1S/C10H11NO/c1-8(7-11)10(12)9-5-3-2-4-6-9/h2-6,8,10,12H,1H3/t8-,10-/m0/s1. The average molecular weight is 161 g/mol. The third kappa shape index (κ3) is 1.84. The quantitative estimate of drug-likeness (QED) is 0.719. The Morgan fingerprint density at radius 1 is 1.33 bits per heavy atom. The number of hydrogen-bond acceptors (Lipinski definition) is 2. The van der Waals surface area contributed by atoms with Crippen LogP contribution in [0.5, 0.6) is 0 Å². The monoisotopic (exact) mass is 161 g/mol. The predicted molar refractivity (Wildman–Crippen MR) is 46.2 cm³/mol. The summed E-state index contributed by atoms with van der Waals surface area (Å²) in [6.45, 7) is 1.71. The lowest BCUT2D eigenvalue weighted by molar-refractivity contribution is 0.143. The van der Waals surface area contributed by atoms with Crippen molar-refractivity contribution >= 4 is 0 Å². The molecule has 0 aliphatic rings. The minimum absolute atomic E-state index is 0.354. The molecule has 12 heavy (non-hydrogen) atoms. The first kappa shape index (κ1) is 8.76. The Labute approximate surface area is 72.1 Å². The molecule has 0 saturated heterocycles. The highest BCUT2D eigenvalue weighted by Gasteiger charge is 2.14. The Balaban J connectivity index is 2.80. The molecule has 1 aromatic rings. The van der Waals surface area contributed by atoms with Gasteiger partial charge in [-0.3, -0.25) is 0 Å². The first-order valence-electron chi connectivity index (χ1n) is 3.88. The fourth-order valence-corrected chi connectivity index (χ4v) is 1.01. The van der Waals surface area contributed by atoms with E-state index in [1.165, 1.54) is 0 Å². The van der Waals surface area contributed by atoms with E-state index in [0.29, 0.717) is 0 Å². The van der Waals surface area contributed by atoms with Gasteiger partial charge in [-0.15, -0.1) is 0 Å². The van der Waals surface area contributed by atoms with Crippen molar-refractivity contribution in [3.05, 3.63) is 35.9 Å². The van der Waals surface area contributed by atoms with Gasteiger partial charge in [-0.25, -0.2) is 0 Å². The molecule has 2 heteroatoms. The molecule has 0 aromatic heterocycles. The van der Waals surface area contributed by atoms with Gasteiger partial charge in [-0.1, -0.05) is 30.3 Å². The zero-order chi connectivity index (χ0) is 8.97. The minimum atomic E-state index is -0.670. The summed E-state index contributed by atoms with van der Waals surface area (Å²) in [7, 11) is 0. The van der Waals surface area contributed by atoms with Crippen LogP contribution in [-0.4, -0.2) is 5.11 Å². The predicted octanol–water partition coefficient (Wildman–Crippen LogP) is 1.88. The summed E-state index contributed by atoms with van der Waals surface area (Å²) in [5.74, 6) is -0.354. The Morgan fingerprint density at radius 3 is 2.42 bits per heavy atom. The molecular formula is C10H11NO. The van der Waals surface area contributed by atoms with Crippen LogP contribution in [0.3, 0.4) is 0 Å². The highest BCUT2D eigenvalue weighted by atomic mass is 16.3. The first-order chi connectivity index (χ1) is 5.75. The molecule has 0 radical (unpaired) electrons. The molecule has 1 N–H and O–H groups in total. The van der Waals surface area contributed by atoms with Gasteiger partial charge in [-0.05, 0) is 12.5 Å². The molecule has 1 aromatic carbocycles. The molecule has 0 aliphatic carbocycles. The molecule has 0 aliphatic heterocycles. The summed E-state index contributed by atoms with van der Waals surface area (Å²) >= 11 is 0. The minimum Gasteiger partial charge on any atom is -0.387 e. The van der Waals surface area contributed by atoms with Crippen molar-refractivity contribution in [2.24, 2.45) is 5.92 Å². The Hall–Kier alpha value is -1.33. The second-order valence-corrected chi connectivity index (χ2v) is 2.77. The second kappa shape index (κ2) is 3.89. The Morgan fingerprint density at radius 2 is 1.92 bits per heavy atom. The third-order valence-corrected chi connectivity index (χ3v) is 1.82. The van der Waals surface area contributed by atoms with Gasteiger partial charge in [-0.2, -0.15) is 5.26 Å². The van der Waals surface area contributed by atoms with Crippen molar-refractivity contribution in [2.75, 3.05) is 0 Å². The molecule has 2 nitrogen and oxygen atoms in total. The number of aliphatic hydroxyl groups is 1. The maximum atomic E-state index is 9.57. The van der Waals surface area contributed by atoms with E-state index in [2.05, 4.69) is 0 Å². The molecular weight excluding hydrogens is 150 g/mol. The lowest BCUT2D eigenvalue weighted by atomic mass is 9.99. The molecule has 0 unspecified atom stereocenters. The van der Waals surface area contributed by atoms with Gasteiger partial charge < -0.3 is 5.11 Å². The second-order valence-electron chi connectivity index (χ2n) is 2.77. The highest BCUT2D eigenvalue weighted by molar-refractivity contribution is 5.19. The van der Waals surface area contributed by atoms with Crippen LogP contribution in [0.15, 0.2) is 30.3 Å². The van der Waals surface area contributed by atoms with Crippen molar-refractivity contribution in [2.45, 2.75) is 13.0 Å². The molecule has 0 amide bonds. The Bertz CT molecular complexity index is 276. The topological polar surface area (TPSA) is 44.0 Å². The maximum Gasteiger partial charge on any atom is 0.0945 e. The average Bonchev–Trinajstić information content (AvgIpc) is 2.17. The fraction of sp³-hybridized carbons (Fsp3) is 0.300. The number of nitriles is 1. The van der Waals surface area contributed by atoms with Gasteiger partial charge in [0.05, 0.1) is 18.1 Å². The highest BCUT2D eigenvalue weighted by Crippen LogP contribution is 2.20. The van der Waals surface area contributed by atoms with Gasteiger partial charge >= 0.3 is 0 Å². The number of rotatable bonds is 2. The largest absolute Gasteiger partial charge is 0.387 e. The first-order valence-corrected chi connectivity index (χ1v) is 3.88. The van der Waals surface area contributed by atoms with Crippen molar-refractivity contribution in [3.8, 4) is 6.07 Å². The summed E-state index contributed by atoms with van der Waals surface area (Å²) in [5.41, 5.74) is 0.798. The molecule has 0 saturated carbocycles. The van der Waals surface area contributed by atoms with E-state index in [-0.39, 0.29) is 5.92 Å². The van der Waals surface area contributed by atoms with Gasteiger partial charge in [0.15, 0.2) is 0 Å². The molecule has 2 atom stereocenters. The van der Waals surface area contributed by atoms with Crippen LogP contribution in [0.4, 0.5) is 0 Å². The van der Waals surface area contributed by atoms with Crippen LogP contribution in [-0.2, 0) is 0 Å². The van der Waals surface area contributed by atoms with E-state index in [1.54, 1.807) is 6.92 Å². The van der Waals surface area contributed by atoms with Crippen LogP contribution < -0.4 is 0 Å². The SMILES string of the molecule is C[C@@H](C#N)[C@H](O)c1ccccc1. The third-order valence-electron chi connectivity index (χ3n) is 1.82. The lowest BCUT2D eigenvalue weighted by Crippen LogP contribution is -2.06. The van der Waals surface area contributed by atoms with Gasteiger partial charge in [0.1, 0.15) is 0 Å². The number of benzene rings is 1. The maximum absolute atomic E-state index is 9.57. The summed E-state index contributed by atoms with van der Waals surface area (Å²) in [6.07, 6.45) is -0.670. The molecule has 62 valence electrons. The van der Waals surface area contributed by atoms with Crippen molar-refractivity contribution in [1.29, 1.82) is 5.26 Å². The van der Waals surface area contributed by atoms with Gasteiger partial charge in [0.25, 0.3) is 0 Å². The van der Waals surface area contributed by atoms with E-state index in [9.17, 15) is 5.11 Å². The zero-order valence-electron chi connectivity index (χ0n) is 6.94. The summed E-state index contributed by atoms with van der Waals surface area (Å²) in [6, 6.07) is 11.2. The van der Waals surface area contributed by atoms with Gasteiger partial charge in [0.2, 0.25) is 0 Å². The number of aliphatic hydroxyl groups excluding tert-OH is 1. The zero-order valence-corrected chi connectivity index (χ0v) is 6.94. The molecule has 0 bridgehead atoms. The van der Waals surface area contributed by atoms with E-state index >= 15 is 0 Å². The summed E-state index contributed by atoms with van der Waals surface area (Å²) < 4.78 is 0. The van der Waals surface area contributed by atoms with Crippen molar-refractivity contribution in [3.63, 3.8) is 0 Å². The summed E-state index contributed by atoms with van der Waals surface area (Å²) in [5, 5.41) is 18.1. The van der Waals surface area contributed by atoms with Crippen molar-refractivity contribution < 1.29 is 5.11 Å². The van der Waals surface area contributed by atoms with Gasteiger partial charge in [0, 0.05) is 0 Å². The van der Waals surface area contributed by atoms with Crippen LogP contribution in [0.25, 0.3) is 0 Å². The van der Waals surface area contributed by atoms with Crippen LogP contribution >= 0.6 is 0 Å². The molecule has 0 spiro atoms. The lowest BCUT2D eigenvalue weighted by Gasteiger charge is -2.11. The fourth-order valence-electron chi connectivity index (χ4n) is 1.01. The Kier molecular flexibility index (Phi) is 2.84. The van der Waals surface area contributed by atoms with E-state index in [1.807, 2.05) is 36.4 Å². The van der Waals surface area contributed by atoms with E-state index in [4.69, 9.17) is 5.26 Å². The number of nitrogens with zero attached hydrogens (tertiary/aromatic N) is 1. The van der Waals surface area contributed by atoms with Crippen LogP contribution in [0, 0.1) is 17.2 Å². The van der Waals surface area contributed by atoms with E-state index < -0.39 is 6.10 Å². The van der Waals surface area contributed by atoms with Crippen molar-refractivity contribution in [1.82, 2.24) is 0 Å². The van der Waals surface area contributed by atoms with Crippen LogP contribution in [0.2, 0.25) is 0 Å². The smallest absolute Gasteiger partial charge is 0.0945 e. The van der Waals surface area contributed by atoms with Crippen LogP contribution in [0.1, 0.15) is 18.6 Å². The van der Waals surface area contributed by atoms with E-state index in [0.717, 1.165) is 5.56 Å².